The standard InChI is InChI=1S/C14H25F2NO2/c1-4-5-6-7-13(2,3)10-17-9-11-8-14(15,16)12(18)19-11/h11,17H,4-10H2,1-3H3. The number of halogens is 2. The monoisotopic (exact) mass is 277 g/mol. The summed E-state index contributed by atoms with van der Waals surface area (Å²) in [6, 6.07) is 0. The summed E-state index contributed by atoms with van der Waals surface area (Å²) in [6.07, 6.45) is 3.49. The molecular weight excluding hydrogens is 252 g/mol. The van der Waals surface area contributed by atoms with Crippen LogP contribution in [0, 0.1) is 5.41 Å². The molecule has 1 atom stereocenters. The number of esters is 1. The van der Waals surface area contributed by atoms with Crippen molar-refractivity contribution in [2.45, 2.75) is 64.9 Å². The maximum atomic E-state index is 13.0. The van der Waals surface area contributed by atoms with E-state index in [1.807, 2.05) is 0 Å². The van der Waals surface area contributed by atoms with Crippen LogP contribution >= 0.6 is 0 Å². The van der Waals surface area contributed by atoms with Crippen LogP contribution in [0.5, 0.6) is 0 Å². The van der Waals surface area contributed by atoms with Crippen LogP contribution in [0.3, 0.4) is 0 Å². The lowest BCUT2D eigenvalue weighted by Crippen LogP contribution is -2.35. The molecule has 1 saturated heterocycles. The number of alkyl halides is 2. The minimum atomic E-state index is -3.30. The Morgan fingerprint density at radius 3 is 2.63 bits per heavy atom. The van der Waals surface area contributed by atoms with Crippen molar-refractivity contribution in [3.8, 4) is 0 Å². The molecule has 1 N–H and O–H groups in total. The molecule has 1 aliphatic rings. The number of hydrogen-bond donors (Lipinski definition) is 1. The summed E-state index contributed by atoms with van der Waals surface area (Å²) >= 11 is 0. The largest absolute Gasteiger partial charge is 0.456 e. The van der Waals surface area contributed by atoms with E-state index < -0.39 is 24.4 Å². The second-order valence-corrected chi connectivity index (χ2v) is 6.19. The first kappa shape index (κ1) is 16.3. The molecule has 5 heteroatoms. The molecule has 0 saturated carbocycles. The third-order valence-electron chi connectivity index (χ3n) is 3.49. The molecule has 0 amide bonds. The van der Waals surface area contributed by atoms with E-state index in [0.29, 0.717) is 6.54 Å². The zero-order chi connectivity index (χ0) is 14.5. The lowest BCUT2D eigenvalue weighted by Gasteiger charge is -2.25. The molecule has 0 aromatic heterocycles. The number of carbonyl (C=O) groups excluding carboxylic acids is 1. The van der Waals surface area contributed by atoms with Crippen LogP contribution in [0.2, 0.25) is 0 Å². The van der Waals surface area contributed by atoms with Crippen molar-refractivity contribution in [3.05, 3.63) is 0 Å². The summed E-state index contributed by atoms with van der Waals surface area (Å²) in [7, 11) is 0. The van der Waals surface area contributed by atoms with Crippen molar-refractivity contribution in [3.63, 3.8) is 0 Å². The van der Waals surface area contributed by atoms with Gasteiger partial charge in [0.2, 0.25) is 0 Å². The molecule has 0 aliphatic carbocycles. The Balaban J connectivity index is 2.21. The number of rotatable bonds is 8. The van der Waals surface area contributed by atoms with Gasteiger partial charge in [0.25, 0.3) is 0 Å². The van der Waals surface area contributed by atoms with Crippen LogP contribution in [-0.2, 0) is 9.53 Å². The number of unbranched alkanes of at least 4 members (excludes halogenated alkanes) is 2. The molecule has 19 heavy (non-hydrogen) atoms. The third kappa shape index (κ3) is 5.43. The Morgan fingerprint density at radius 2 is 2.11 bits per heavy atom. The molecule has 0 radical (unpaired) electrons. The quantitative estimate of drug-likeness (QED) is 0.547. The van der Waals surface area contributed by atoms with Gasteiger partial charge in [0.1, 0.15) is 6.10 Å². The molecule has 1 heterocycles. The summed E-state index contributed by atoms with van der Waals surface area (Å²) in [6.45, 7) is 7.53. The fraction of sp³-hybridized carbons (Fsp3) is 0.929. The van der Waals surface area contributed by atoms with E-state index >= 15 is 0 Å². The lowest BCUT2D eigenvalue weighted by molar-refractivity contribution is -0.159. The zero-order valence-electron chi connectivity index (χ0n) is 12.1. The molecule has 1 aliphatic heterocycles. The molecule has 1 rings (SSSR count). The van der Waals surface area contributed by atoms with Crippen molar-refractivity contribution < 1.29 is 18.3 Å². The second kappa shape index (κ2) is 6.64. The van der Waals surface area contributed by atoms with Crippen LogP contribution in [0.1, 0.15) is 52.9 Å². The van der Waals surface area contributed by atoms with Crippen molar-refractivity contribution >= 4 is 5.97 Å². The van der Waals surface area contributed by atoms with E-state index in [0.717, 1.165) is 13.0 Å². The van der Waals surface area contributed by atoms with Crippen LogP contribution in [0.25, 0.3) is 0 Å². The molecule has 0 aromatic rings. The second-order valence-electron chi connectivity index (χ2n) is 6.19. The minimum Gasteiger partial charge on any atom is -0.456 e. The summed E-state index contributed by atoms with van der Waals surface area (Å²) in [5.74, 6) is -4.69. The number of nitrogens with one attached hydrogen (secondary N) is 1. The molecule has 0 bridgehead atoms. The fourth-order valence-corrected chi connectivity index (χ4v) is 2.28. The molecule has 1 fully saturated rings. The maximum absolute atomic E-state index is 13.0. The third-order valence-corrected chi connectivity index (χ3v) is 3.49. The van der Waals surface area contributed by atoms with Crippen molar-refractivity contribution in [2.75, 3.05) is 13.1 Å². The summed E-state index contributed by atoms with van der Waals surface area (Å²) < 4.78 is 30.5. The lowest BCUT2D eigenvalue weighted by atomic mass is 9.87. The van der Waals surface area contributed by atoms with Gasteiger partial charge in [0, 0.05) is 13.1 Å². The first-order valence-electron chi connectivity index (χ1n) is 7.06. The van der Waals surface area contributed by atoms with Crippen LogP contribution < -0.4 is 5.32 Å². The van der Waals surface area contributed by atoms with Crippen LogP contribution in [0.15, 0.2) is 0 Å². The maximum Gasteiger partial charge on any atom is 0.377 e. The van der Waals surface area contributed by atoms with Gasteiger partial charge in [-0.3, -0.25) is 0 Å². The number of hydrogen-bond acceptors (Lipinski definition) is 3. The van der Waals surface area contributed by atoms with Gasteiger partial charge in [-0.05, 0) is 11.8 Å². The normalized spacial score (nSPS) is 22.6. The van der Waals surface area contributed by atoms with Crippen molar-refractivity contribution in [2.24, 2.45) is 5.41 Å². The first-order chi connectivity index (χ1) is 8.77. The predicted molar refractivity (Wildman–Crippen MR) is 70.2 cm³/mol. The summed E-state index contributed by atoms with van der Waals surface area (Å²) in [4.78, 5) is 10.8. The van der Waals surface area contributed by atoms with Gasteiger partial charge in [-0.15, -0.1) is 0 Å². The Kier molecular flexibility index (Phi) is 5.71. The smallest absolute Gasteiger partial charge is 0.377 e. The number of carbonyl (C=O) groups is 1. The minimum absolute atomic E-state index is 0.139. The molecule has 0 spiro atoms. The topological polar surface area (TPSA) is 38.3 Å². The number of cyclic esters (lactones) is 1. The highest BCUT2D eigenvalue weighted by Crippen LogP contribution is 2.30. The predicted octanol–water partition coefficient (Wildman–Crippen LogP) is 3.13. The van der Waals surface area contributed by atoms with Crippen molar-refractivity contribution in [1.82, 2.24) is 5.32 Å². The molecule has 0 aromatic carbocycles. The van der Waals surface area contributed by atoms with Crippen molar-refractivity contribution in [1.29, 1.82) is 0 Å². The highest BCUT2D eigenvalue weighted by molar-refractivity contribution is 5.79. The summed E-state index contributed by atoms with van der Waals surface area (Å²) in [5.41, 5.74) is 0.139. The number of ether oxygens (including phenoxy) is 1. The highest BCUT2D eigenvalue weighted by Gasteiger charge is 2.50. The van der Waals surface area contributed by atoms with Gasteiger partial charge in [0.15, 0.2) is 0 Å². The van der Waals surface area contributed by atoms with Crippen LogP contribution in [-0.4, -0.2) is 31.1 Å². The Bertz CT molecular complexity index is 306. The molecule has 112 valence electrons. The van der Waals surface area contributed by atoms with Gasteiger partial charge in [-0.2, -0.15) is 8.78 Å². The van der Waals surface area contributed by atoms with E-state index in [-0.39, 0.29) is 5.41 Å². The van der Waals surface area contributed by atoms with E-state index in [4.69, 9.17) is 0 Å². The van der Waals surface area contributed by atoms with Gasteiger partial charge >= 0.3 is 11.9 Å². The van der Waals surface area contributed by atoms with E-state index in [9.17, 15) is 13.6 Å². The SMILES string of the molecule is CCCCCC(C)(C)CNCC1CC(F)(F)C(=O)O1. The Labute approximate surface area is 114 Å². The van der Waals surface area contributed by atoms with Gasteiger partial charge < -0.3 is 10.1 Å². The molecule has 3 nitrogen and oxygen atoms in total. The van der Waals surface area contributed by atoms with Gasteiger partial charge in [0.05, 0.1) is 6.42 Å². The first-order valence-corrected chi connectivity index (χ1v) is 7.06. The zero-order valence-corrected chi connectivity index (χ0v) is 12.1. The van der Waals surface area contributed by atoms with Gasteiger partial charge in [-0.1, -0.05) is 40.0 Å². The van der Waals surface area contributed by atoms with E-state index in [1.165, 1.54) is 19.3 Å². The Hall–Kier alpha value is -0.710. The fourth-order valence-electron chi connectivity index (χ4n) is 2.28. The highest BCUT2D eigenvalue weighted by atomic mass is 19.3. The Morgan fingerprint density at radius 1 is 1.42 bits per heavy atom. The average Bonchev–Trinajstić information content (AvgIpc) is 2.52. The van der Waals surface area contributed by atoms with Crippen LogP contribution in [0.4, 0.5) is 8.78 Å². The molecular formula is C14H25F2NO2. The van der Waals surface area contributed by atoms with Gasteiger partial charge in [-0.25, -0.2) is 4.79 Å². The molecule has 1 unspecified atom stereocenters. The summed E-state index contributed by atoms with van der Waals surface area (Å²) in [5, 5.41) is 3.14. The average molecular weight is 277 g/mol. The van der Waals surface area contributed by atoms with E-state index in [2.05, 4.69) is 30.8 Å². The van der Waals surface area contributed by atoms with E-state index in [1.54, 1.807) is 0 Å².